The van der Waals surface area contributed by atoms with Crippen LogP contribution in [0.4, 0.5) is 5.69 Å². The van der Waals surface area contributed by atoms with Gasteiger partial charge < -0.3 is 9.47 Å². The van der Waals surface area contributed by atoms with Gasteiger partial charge in [0.25, 0.3) is 5.69 Å². The van der Waals surface area contributed by atoms with Crippen molar-refractivity contribution in [2.45, 2.75) is 26.4 Å². The number of esters is 1. The highest BCUT2D eigenvalue weighted by Crippen LogP contribution is 2.27. The molecule has 3 rings (SSSR count). The molecule has 0 aromatic heterocycles. The summed E-state index contributed by atoms with van der Waals surface area (Å²) in [6, 6.07) is 11.3. The van der Waals surface area contributed by atoms with Gasteiger partial charge in [-0.3, -0.25) is 10.1 Å². The maximum atomic E-state index is 12.1. The molecule has 0 N–H and O–H groups in total. The lowest BCUT2D eigenvalue weighted by atomic mass is 10.2. The molecule has 0 bridgehead atoms. The van der Waals surface area contributed by atoms with Gasteiger partial charge in [0.15, 0.2) is 5.70 Å². The first kappa shape index (κ1) is 19.6. The lowest BCUT2D eigenvalue weighted by Crippen LogP contribution is -2.09. The summed E-state index contributed by atoms with van der Waals surface area (Å²) in [6.07, 6.45) is 2.59. The molecule has 28 heavy (non-hydrogen) atoms. The molecule has 0 saturated heterocycles. The second-order valence-electron chi connectivity index (χ2n) is 6.17. The van der Waals surface area contributed by atoms with E-state index in [4.69, 9.17) is 21.1 Å². The van der Waals surface area contributed by atoms with Crippen LogP contribution >= 0.6 is 11.6 Å². The SMILES string of the molecule is CCC(C)Oc1ccc(/C=C2\N=C(c3ccc(Cl)c([N+](=O)[O-])c3)OC2=O)cc1. The Morgan fingerprint density at radius 1 is 1.29 bits per heavy atom. The van der Waals surface area contributed by atoms with Crippen molar-refractivity contribution in [3.63, 3.8) is 0 Å². The first-order valence-electron chi connectivity index (χ1n) is 8.61. The van der Waals surface area contributed by atoms with Gasteiger partial charge in [0.05, 0.1) is 11.0 Å². The van der Waals surface area contributed by atoms with Gasteiger partial charge in [-0.1, -0.05) is 30.7 Å². The molecule has 0 aliphatic carbocycles. The molecule has 0 saturated carbocycles. The highest BCUT2D eigenvalue weighted by atomic mass is 35.5. The predicted octanol–water partition coefficient (Wildman–Crippen LogP) is 4.77. The molecule has 1 aliphatic heterocycles. The van der Waals surface area contributed by atoms with Gasteiger partial charge in [-0.05, 0) is 49.2 Å². The summed E-state index contributed by atoms with van der Waals surface area (Å²) in [5, 5.41) is 11.0. The largest absolute Gasteiger partial charge is 0.491 e. The van der Waals surface area contributed by atoms with Crippen molar-refractivity contribution in [1.29, 1.82) is 0 Å². The monoisotopic (exact) mass is 400 g/mol. The highest BCUT2D eigenvalue weighted by molar-refractivity contribution is 6.32. The Bertz CT molecular complexity index is 983. The number of nitro benzene ring substituents is 1. The molecule has 7 nitrogen and oxygen atoms in total. The second kappa shape index (κ2) is 8.22. The molecule has 144 valence electrons. The van der Waals surface area contributed by atoms with E-state index in [1.54, 1.807) is 18.2 Å². The Kier molecular flexibility index (Phi) is 5.75. The van der Waals surface area contributed by atoms with Crippen LogP contribution in [0.3, 0.4) is 0 Å². The second-order valence-corrected chi connectivity index (χ2v) is 6.57. The summed E-state index contributed by atoms with van der Waals surface area (Å²) < 4.78 is 10.9. The molecule has 1 heterocycles. The number of hydrogen-bond acceptors (Lipinski definition) is 6. The van der Waals surface area contributed by atoms with E-state index in [0.29, 0.717) is 5.56 Å². The Hall–Kier alpha value is -3.19. The normalized spacial score (nSPS) is 15.9. The smallest absolute Gasteiger partial charge is 0.363 e. The van der Waals surface area contributed by atoms with Crippen LogP contribution in [0.15, 0.2) is 53.2 Å². The van der Waals surface area contributed by atoms with E-state index < -0.39 is 10.9 Å². The van der Waals surface area contributed by atoms with E-state index in [2.05, 4.69) is 4.99 Å². The summed E-state index contributed by atoms with van der Waals surface area (Å²) >= 11 is 5.81. The van der Waals surface area contributed by atoms with E-state index in [-0.39, 0.29) is 28.4 Å². The van der Waals surface area contributed by atoms with Crippen molar-refractivity contribution in [3.8, 4) is 5.75 Å². The first-order chi connectivity index (χ1) is 13.4. The molecular weight excluding hydrogens is 384 g/mol. The number of nitrogens with zero attached hydrogens (tertiary/aromatic N) is 2. The number of cyclic esters (lactones) is 1. The van der Waals surface area contributed by atoms with Gasteiger partial charge in [0, 0.05) is 11.6 Å². The molecule has 0 spiro atoms. The van der Waals surface area contributed by atoms with Crippen molar-refractivity contribution in [3.05, 3.63) is 74.4 Å². The number of carbonyl (C=O) groups is 1. The zero-order valence-electron chi connectivity index (χ0n) is 15.2. The van der Waals surface area contributed by atoms with Crippen LogP contribution in [0.25, 0.3) is 6.08 Å². The number of rotatable bonds is 6. The van der Waals surface area contributed by atoms with E-state index >= 15 is 0 Å². The lowest BCUT2D eigenvalue weighted by molar-refractivity contribution is -0.384. The van der Waals surface area contributed by atoms with Crippen LogP contribution in [0.1, 0.15) is 31.4 Å². The fourth-order valence-electron chi connectivity index (χ4n) is 2.43. The van der Waals surface area contributed by atoms with Crippen LogP contribution < -0.4 is 4.74 Å². The third kappa shape index (κ3) is 4.37. The number of nitro groups is 1. The Morgan fingerprint density at radius 2 is 2.00 bits per heavy atom. The van der Waals surface area contributed by atoms with Crippen molar-refractivity contribution in [2.75, 3.05) is 0 Å². The van der Waals surface area contributed by atoms with Crippen LogP contribution in [-0.2, 0) is 9.53 Å². The van der Waals surface area contributed by atoms with E-state index in [1.165, 1.54) is 18.2 Å². The number of halogens is 1. The van der Waals surface area contributed by atoms with Crippen molar-refractivity contribution in [1.82, 2.24) is 0 Å². The summed E-state index contributed by atoms with van der Waals surface area (Å²) in [5.74, 6) is 0.100. The van der Waals surface area contributed by atoms with E-state index in [9.17, 15) is 14.9 Å². The first-order valence-corrected chi connectivity index (χ1v) is 8.98. The predicted molar refractivity (Wildman–Crippen MR) is 106 cm³/mol. The fourth-order valence-corrected chi connectivity index (χ4v) is 2.62. The molecule has 8 heteroatoms. The van der Waals surface area contributed by atoms with E-state index in [1.807, 2.05) is 26.0 Å². The van der Waals surface area contributed by atoms with Gasteiger partial charge in [-0.2, -0.15) is 0 Å². The molecule has 1 unspecified atom stereocenters. The zero-order valence-corrected chi connectivity index (χ0v) is 16.0. The Balaban J connectivity index is 1.84. The number of benzene rings is 2. The topological polar surface area (TPSA) is 91.0 Å². The Morgan fingerprint density at radius 3 is 2.64 bits per heavy atom. The van der Waals surface area contributed by atoms with Gasteiger partial charge in [-0.15, -0.1) is 0 Å². The summed E-state index contributed by atoms with van der Waals surface area (Å²) in [4.78, 5) is 26.7. The summed E-state index contributed by atoms with van der Waals surface area (Å²) in [6.45, 7) is 4.03. The average Bonchev–Trinajstić information content (AvgIpc) is 3.03. The maximum Gasteiger partial charge on any atom is 0.363 e. The van der Waals surface area contributed by atoms with E-state index in [0.717, 1.165) is 17.7 Å². The zero-order chi connectivity index (χ0) is 20.3. The Labute approximate surface area is 166 Å². The molecule has 0 radical (unpaired) electrons. The van der Waals surface area contributed by atoms with Crippen LogP contribution in [-0.4, -0.2) is 22.9 Å². The third-order valence-electron chi connectivity index (χ3n) is 4.11. The molecule has 0 amide bonds. The van der Waals surface area contributed by atoms with Gasteiger partial charge in [-0.25, -0.2) is 9.79 Å². The standard InChI is InChI=1S/C20H17ClN2O5/c1-3-12(2)27-15-7-4-13(5-8-15)10-17-20(24)28-19(22-17)14-6-9-16(21)18(11-14)23(25)26/h4-12H,3H2,1-2H3/b17-10-. The van der Waals surface area contributed by atoms with Gasteiger partial charge in [0.1, 0.15) is 10.8 Å². The van der Waals surface area contributed by atoms with Crippen molar-refractivity contribution in [2.24, 2.45) is 4.99 Å². The quantitative estimate of drug-likeness (QED) is 0.301. The maximum absolute atomic E-state index is 12.1. The van der Waals surface area contributed by atoms with Crippen LogP contribution in [0, 0.1) is 10.1 Å². The molecular formula is C20H17ClN2O5. The lowest BCUT2D eigenvalue weighted by Gasteiger charge is -2.12. The minimum absolute atomic E-state index is 0.00543. The van der Waals surface area contributed by atoms with Crippen LogP contribution in [0.5, 0.6) is 5.75 Å². The molecule has 2 aromatic carbocycles. The molecule has 2 aromatic rings. The highest BCUT2D eigenvalue weighted by Gasteiger charge is 2.26. The van der Waals surface area contributed by atoms with Crippen LogP contribution in [0.2, 0.25) is 5.02 Å². The molecule has 1 aliphatic rings. The minimum Gasteiger partial charge on any atom is -0.491 e. The number of ether oxygens (including phenoxy) is 2. The number of carbonyl (C=O) groups excluding carboxylic acids is 1. The number of aliphatic imine (C=N–C) groups is 1. The summed E-state index contributed by atoms with van der Waals surface area (Å²) in [5.41, 5.74) is 0.858. The van der Waals surface area contributed by atoms with Gasteiger partial charge >= 0.3 is 5.97 Å². The number of hydrogen-bond donors (Lipinski definition) is 0. The minimum atomic E-state index is -0.632. The molecule has 1 atom stereocenters. The van der Waals surface area contributed by atoms with Crippen molar-refractivity contribution < 1.29 is 19.2 Å². The average molecular weight is 401 g/mol. The van der Waals surface area contributed by atoms with Crippen molar-refractivity contribution >= 4 is 35.2 Å². The fraction of sp³-hybridized carbons (Fsp3) is 0.200. The third-order valence-corrected chi connectivity index (χ3v) is 4.43. The van der Waals surface area contributed by atoms with Gasteiger partial charge in [0.2, 0.25) is 5.90 Å². The molecule has 0 fully saturated rings. The summed E-state index contributed by atoms with van der Waals surface area (Å²) in [7, 11) is 0.